The molecule has 6 nitrogen and oxygen atoms in total. The second-order valence-electron chi connectivity index (χ2n) is 7.98. The number of nitrogens with one attached hydrogen (secondary N) is 1. The molecule has 2 unspecified atom stereocenters. The summed E-state index contributed by atoms with van der Waals surface area (Å²) in [5.41, 5.74) is 1.55. The Balaban J connectivity index is 1.49. The fourth-order valence-corrected chi connectivity index (χ4v) is 4.50. The van der Waals surface area contributed by atoms with Crippen molar-refractivity contribution in [2.45, 2.75) is 75.5 Å². The lowest BCUT2D eigenvalue weighted by atomic mass is 9.84. The summed E-state index contributed by atoms with van der Waals surface area (Å²) >= 11 is 0. The number of hydrogen-bond donors (Lipinski definition) is 2. The number of ether oxygens (including phenoxy) is 1. The van der Waals surface area contributed by atoms with Crippen LogP contribution in [0.4, 0.5) is 0 Å². The van der Waals surface area contributed by atoms with Crippen LogP contribution in [0.3, 0.4) is 0 Å². The second kappa shape index (κ2) is 7.17. The first-order valence-corrected chi connectivity index (χ1v) is 9.80. The minimum Gasteiger partial charge on any atom is -0.389 e. The van der Waals surface area contributed by atoms with E-state index in [0.717, 1.165) is 62.6 Å². The molecular weight excluding hydrogens is 318 g/mol. The van der Waals surface area contributed by atoms with Crippen LogP contribution in [0.15, 0.2) is 10.9 Å². The number of aromatic nitrogens is 2. The Morgan fingerprint density at radius 2 is 2.00 bits per heavy atom. The van der Waals surface area contributed by atoms with Gasteiger partial charge in [0, 0.05) is 12.6 Å². The SMILES string of the molecule is O=c1cc2c(nn1C1COCC1NCC1(O)CCCCC1)CCCC2. The second-order valence-corrected chi connectivity index (χ2v) is 7.98. The molecule has 2 fully saturated rings. The van der Waals surface area contributed by atoms with Crippen molar-refractivity contribution in [1.29, 1.82) is 0 Å². The smallest absolute Gasteiger partial charge is 0.267 e. The van der Waals surface area contributed by atoms with Crippen LogP contribution in [-0.4, -0.2) is 46.3 Å². The minimum absolute atomic E-state index is 0.0257. The maximum atomic E-state index is 12.6. The Morgan fingerprint density at radius 3 is 2.84 bits per heavy atom. The highest BCUT2D eigenvalue weighted by Crippen LogP contribution is 2.28. The van der Waals surface area contributed by atoms with Gasteiger partial charge in [0.25, 0.3) is 5.56 Å². The third-order valence-corrected chi connectivity index (χ3v) is 6.07. The number of fused-ring (bicyclic) bond motifs is 1. The number of nitrogens with zero attached hydrogens (tertiary/aromatic N) is 2. The van der Waals surface area contributed by atoms with Crippen molar-refractivity contribution in [2.24, 2.45) is 0 Å². The van der Waals surface area contributed by atoms with E-state index in [9.17, 15) is 9.90 Å². The van der Waals surface area contributed by atoms with Gasteiger partial charge in [0.15, 0.2) is 0 Å². The summed E-state index contributed by atoms with van der Waals surface area (Å²) in [6.07, 6.45) is 9.33. The summed E-state index contributed by atoms with van der Waals surface area (Å²) < 4.78 is 7.28. The molecule has 1 aromatic heterocycles. The summed E-state index contributed by atoms with van der Waals surface area (Å²) in [6, 6.07) is 1.70. The highest BCUT2D eigenvalue weighted by atomic mass is 16.5. The van der Waals surface area contributed by atoms with E-state index >= 15 is 0 Å². The molecule has 3 aliphatic rings. The molecule has 1 saturated carbocycles. The van der Waals surface area contributed by atoms with Crippen LogP contribution in [0.2, 0.25) is 0 Å². The number of aliphatic hydroxyl groups is 1. The molecule has 1 aromatic rings. The van der Waals surface area contributed by atoms with Crippen molar-refractivity contribution < 1.29 is 9.84 Å². The average Bonchev–Trinajstić information content (AvgIpc) is 3.08. The van der Waals surface area contributed by atoms with Crippen LogP contribution in [0, 0.1) is 0 Å². The largest absolute Gasteiger partial charge is 0.389 e. The van der Waals surface area contributed by atoms with Crippen molar-refractivity contribution in [2.75, 3.05) is 19.8 Å². The summed E-state index contributed by atoms with van der Waals surface area (Å²) in [5.74, 6) is 0. The van der Waals surface area contributed by atoms with E-state index < -0.39 is 5.60 Å². The number of aryl methyl sites for hydroxylation is 2. The van der Waals surface area contributed by atoms with Gasteiger partial charge in [0.1, 0.15) is 0 Å². The molecule has 1 saturated heterocycles. The van der Waals surface area contributed by atoms with E-state index in [4.69, 9.17) is 4.74 Å². The van der Waals surface area contributed by atoms with E-state index in [2.05, 4.69) is 10.4 Å². The van der Waals surface area contributed by atoms with E-state index in [1.807, 2.05) is 0 Å². The van der Waals surface area contributed by atoms with Crippen LogP contribution in [0.5, 0.6) is 0 Å². The Morgan fingerprint density at radius 1 is 1.20 bits per heavy atom. The monoisotopic (exact) mass is 347 g/mol. The van der Waals surface area contributed by atoms with Crippen molar-refractivity contribution >= 4 is 0 Å². The summed E-state index contributed by atoms with van der Waals surface area (Å²) in [7, 11) is 0. The summed E-state index contributed by atoms with van der Waals surface area (Å²) in [5, 5.41) is 18.9. The summed E-state index contributed by atoms with van der Waals surface area (Å²) in [4.78, 5) is 12.6. The molecule has 2 atom stereocenters. The average molecular weight is 347 g/mol. The van der Waals surface area contributed by atoms with Gasteiger partial charge in [-0.25, -0.2) is 4.68 Å². The van der Waals surface area contributed by atoms with Crippen molar-refractivity contribution in [1.82, 2.24) is 15.1 Å². The third kappa shape index (κ3) is 3.66. The zero-order valence-corrected chi connectivity index (χ0v) is 14.9. The molecule has 2 N–H and O–H groups in total. The van der Waals surface area contributed by atoms with Crippen molar-refractivity contribution in [3.8, 4) is 0 Å². The first kappa shape index (κ1) is 17.2. The molecule has 6 heteroatoms. The molecule has 1 aliphatic heterocycles. The fraction of sp³-hybridized carbons (Fsp3) is 0.789. The molecule has 0 spiro atoms. The van der Waals surface area contributed by atoms with Crippen LogP contribution < -0.4 is 10.9 Å². The molecule has 2 aliphatic carbocycles. The van der Waals surface area contributed by atoms with E-state index in [1.54, 1.807) is 10.7 Å². The van der Waals surface area contributed by atoms with Gasteiger partial charge in [-0.2, -0.15) is 5.10 Å². The van der Waals surface area contributed by atoms with Gasteiger partial charge in [-0.3, -0.25) is 4.79 Å². The number of hydrogen-bond acceptors (Lipinski definition) is 5. The van der Waals surface area contributed by atoms with Crippen molar-refractivity contribution in [3.63, 3.8) is 0 Å². The van der Waals surface area contributed by atoms with Crippen LogP contribution >= 0.6 is 0 Å². The molecule has 0 radical (unpaired) electrons. The van der Waals surface area contributed by atoms with Gasteiger partial charge in [-0.15, -0.1) is 0 Å². The van der Waals surface area contributed by atoms with Gasteiger partial charge < -0.3 is 15.2 Å². The standard InChI is InChI=1S/C19H29N3O3/c23-18-10-14-6-2-3-7-15(14)21-22(18)17-12-25-11-16(17)20-13-19(24)8-4-1-5-9-19/h10,16-17,20,24H,1-9,11-13H2. The van der Waals surface area contributed by atoms with E-state index in [-0.39, 0.29) is 17.6 Å². The Labute approximate surface area is 148 Å². The van der Waals surface area contributed by atoms with Crippen LogP contribution in [0.1, 0.15) is 62.2 Å². The van der Waals surface area contributed by atoms with Gasteiger partial charge in [-0.1, -0.05) is 19.3 Å². The highest BCUT2D eigenvalue weighted by Gasteiger charge is 2.35. The lowest BCUT2D eigenvalue weighted by molar-refractivity contribution is 0.00163. The topological polar surface area (TPSA) is 76.4 Å². The zero-order valence-electron chi connectivity index (χ0n) is 14.9. The highest BCUT2D eigenvalue weighted by molar-refractivity contribution is 5.20. The maximum Gasteiger partial charge on any atom is 0.267 e. The van der Waals surface area contributed by atoms with Crippen LogP contribution in [0.25, 0.3) is 0 Å². The normalized spacial score (nSPS) is 28.7. The lowest BCUT2D eigenvalue weighted by Crippen LogP contribution is -2.49. The van der Waals surface area contributed by atoms with Crippen molar-refractivity contribution in [3.05, 3.63) is 27.7 Å². The summed E-state index contributed by atoms with van der Waals surface area (Å²) in [6.45, 7) is 1.63. The van der Waals surface area contributed by atoms with Gasteiger partial charge in [-0.05, 0) is 44.1 Å². The predicted molar refractivity (Wildman–Crippen MR) is 94.8 cm³/mol. The Kier molecular flexibility index (Phi) is 4.93. The molecule has 0 aromatic carbocycles. The first-order valence-electron chi connectivity index (χ1n) is 9.80. The quantitative estimate of drug-likeness (QED) is 0.860. The molecule has 25 heavy (non-hydrogen) atoms. The fourth-order valence-electron chi connectivity index (χ4n) is 4.50. The Hall–Kier alpha value is -1.24. The first-order chi connectivity index (χ1) is 12.1. The van der Waals surface area contributed by atoms with Crippen LogP contribution in [-0.2, 0) is 17.6 Å². The van der Waals surface area contributed by atoms with E-state index in [0.29, 0.717) is 19.8 Å². The molecule has 0 bridgehead atoms. The molecule has 0 amide bonds. The van der Waals surface area contributed by atoms with E-state index in [1.165, 1.54) is 6.42 Å². The lowest BCUT2D eigenvalue weighted by Gasteiger charge is -2.34. The Bertz CT molecular complexity index is 666. The number of rotatable bonds is 4. The third-order valence-electron chi connectivity index (χ3n) is 6.07. The van der Waals surface area contributed by atoms with Gasteiger partial charge >= 0.3 is 0 Å². The molecule has 4 rings (SSSR count). The van der Waals surface area contributed by atoms with Gasteiger partial charge in [0.05, 0.1) is 36.6 Å². The molecule has 138 valence electrons. The maximum absolute atomic E-state index is 12.6. The molecular formula is C19H29N3O3. The predicted octanol–water partition coefficient (Wildman–Crippen LogP) is 1.35. The zero-order chi connectivity index (χ0) is 17.3. The minimum atomic E-state index is -0.611. The van der Waals surface area contributed by atoms with Gasteiger partial charge in [0.2, 0.25) is 0 Å². The molecule has 2 heterocycles.